The third kappa shape index (κ3) is 5.92. The topological polar surface area (TPSA) is 32.8 Å². The summed E-state index contributed by atoms with van der Waals surface area (Å²) in [4.78, 5) is 17.2. The van der Waals surface area contributed by atoms with E-state index in [9.17, 15) is 9.18 Å². The number of para-hydroxylation sites is 1. The molecule has 1 aliphatic rings. The van der Waals surface area contributed by atoms with Crippen LogP contribution in [0.25, 0.3) is 0 Å². The lowest BCUT2D eigenvalue weighted by Crippen LogP contribution is -2.35. The van der Waals surface area contributed by atoms with E-state index in [0.717, 1.165) is 49.5 Å². The molecule has 0 bridgehead atoms. The van der Waals surface area contributed by atoms with Crippen LogP contribution in [-0.4, -0.2) is 41.9 Å². The van der Waals surface area contributed by atoms with E-state index in [-0.39, 0.29) is 11.7 Å². The summed E-state index contributed by atoms with van der Waals surface area (Å²) in [5, 5.41) is 0. The number of amides is 1. The molecular formula is C26H27FN2O2. The molecule has 0 aliphatic carbocycles. The average Bonchev–Trinajstić information content (AvgIpc) is 3.05. The molecule has 4 nitrogen and oxygen atoms in total. The summed E-state index contributed by atoms with van der Waals surface area (Å²) < 4.78 is 18.9. The van der Waals surface area contributed by atoms with Gasteiger partial charge in [-0.3, -0.25) is 9.69 Å². The molecule has 5 heteroatoms. The third-order valence-electron chi connectivity index (χ3n) is 5.54. The van der Waals surface area contributed by atoms with Crippen molar-refractivity contribution < 1.29 is 13.9 Å². The van der Waals surface area contributed by atoms with Crippen molar-refractivity contribution in [2.45, 2.75) is 19.6 Å². The maximum absolute atomic E-state index is 13.1. The first-order chi connectivity index (χ1) is 15.2. The summed E-state index contributed by atoms with van der Waals surface area (Å²) in [5.74, 6) is 0.686. The van der Waals surface area contributed by atoms with Gasteiger partial charge in [0.05, 0.1) is 0 Å². The Balaban J connectivity index is 1.30. The highest BCUT2D eigenvalue weighted by atomic mass is 19.1. The molecule has 0 aromatic heterocycles. The second-order valence-corrected chi connectivity index (χ2v) is 7.85. The molecule has 4 rings (SSSR count). The SMILES string of the molecule is O=C(c1ccc(COc2ccccc2)cc1)N1CCCN(Cc2ccc(F)cc2)CC1. The van der Waals surface area contributed by atoms with Crippen LogP contribution < -0.4 is 4.74 Å². The smallest absolute Gasteiger partial charge is 0.253 e. The van der Waals surface area contributed by atoms with Crippen LogP contribution in [0.4, 0.5) is 4.39 Å². The highest BCUT2D eigenvalue weighted by Crippen LogP contribution is 2.15. The molecule has 0 radical (unpaired) electrons. The minimum atomic E-state index is -0.214. The molecule has 1 fully saturated rings. The fraction of sp³-hybridized carbons (Fsp3) is 0.269. The van der Waals surface area contributed by atoms with Gasteiger partial charge in [-0.25, -0.2) is 4.39 Å². The molecule has 1 amide bonds. The summed E-state index contributed by atoms with van der Waals surface area (Å²) in [6, 6.07) is 24.0. The number of nitrogens with zero attached hydrogens (tertiary/aromatic N) is 2. The van der Waals surface area contributed by atoms with Gasteiger partial charge in [0, 0.05) is 38.3 Å². The average molecular weight is 419 g/mol. The maximum atomic E-state index is 13.1. The van der Waals surface area contributed by atoms with E-state index in [2.05, 4.69) is 4.90 Å². The van der Waals surface area contributed by atoms with Gasteiger partial charge in [0.25, 0.3) is 5.91 Å². The fourth-order valence-electron chi connectivity index (χ4n) is 3.79. The fourth-order valence-corrected chi connectivity index (χ4v) is 3.79. The zero-order chi connectivity index (χ0) is 21.5. The lowest BCUT2D eigenvalue weighted by Gasteiger charge is -2.22. The zero-order valence-corrected chi connectivity index (χ0v) is 17.5. The first-order valence-electron chi connectivity index (χ1n) is 10.7. The number of halogens is 1. The zero-order valence-electron chi connectivity index (χ0n) is 17.5. The second-order valence-electron chi connectivity index (χ2n) is 7.85. The molecule has 0 N–H and O–H groups in total. The van der Waals surface area contributed by atoms with Gasteiger partial charge in [-0.1, -0.05) is 42.5 Å². The van der Waals surface area contributed by atoms with Crippen molar-refractivity contribution in [3.8, 4) is 5.75 Å². The molecule has 160 valence electrons. The second kappa shape index (κ2) is 10.2. The number of benzene rings is 3. The number of carbonyl (C=O) groups excluding carboxylic acids is 1. The van der Waals surface area contributed by atoms with E-state index in [1.807, 2.05) is 71.6 Å². The van der Waals surface area contributed by atoms with E-state index >= 15 is 0 Å². The van der Waals surface area contributed by atoms with Crippen LogP contribution in [0, 0.1) is 5.82 Å². The minimum absolute atomic E-state index is 0.0687. The van der Waals surface area contributed by atoms with Crippen LogP contribution in [0.3, 0.4) is 0 Å². The van der Waals surface area contributed by atoms with E-state index in [1.165, 1.54) is 12.1 Å². The van der Waals surface area contributed by atoms with Gasteiger partial charge in [-0.2, -0.15) is 0 Å². The summed E-state index contributed by atoms with van der Waals surface area (Å²) in [6.07, 6.45) is 0.927. The van der Waals surface area contributed by atoms with Gasteiger partial charge < -0.3 is 9.64 Å². The Hall–Kier alpha value is -3.18. The van der Waals surface area contributed by atoms with Crippen molar-refractivity contribution in [1.29, 1.82) is 0 Å². The van der Waals surface area contributed by atoms with Crippen LogP contribution in [0.15, 0.2) is 78.9 Å². The van der Waals surface area contributed by atoms with Crippen LogP contribution in [0.5, 0.6) is 5.75 Å². The molecule has 0 spiro atoms. The molecule has 3 aromatic carbocycles. The number of rotatable bonds is 6. The van der Waals surface area contributed by atoms with E-state index in [0.29, 0.717) is 18.7 Å². The quantitative estimate of drug-likeness (QED) is 0.579. The van der Waals surface area contributed by atoms with Crippen LogP contribution in [-0.2, 0) is 13.2 Å². The lowest BCUT2D eigenvalue weighted by atomic mass is 10.1. The van der Waals surface area contributed by atoms with Crippen molar-refractivity contribution >= 4 is 5.91 Å². The number of ether oxygens (including phenoxy) is 1. The van der Waals surface area contributed by atoms with Crippen molar-refractivity contribution in [1.82, 2.24) is 9.80 Å². The Morgan fingerprint density at radius 3 is 2.26 bits per heavy atom. The molecule has 1 heterocycles. The maximum Gasteiger partial charge on any atom is 0.253 e. The molecule has 1 aliphatic heterocycles. The van der Waals surface area contributed by atoms with E-state index < -0.39 is 0 Å². The van der Waals surface area contributed by atoms with E-state index in [1.54, 1.807) is 0 Å². The van der Waals surface area contributed by atoms with Gasteiger partial charge >= 0.3 is 0 Å². The summed E-state index contributed by atoms with van der Waals surface area (Å²) >= 11 is 0. The summed E-state index contributed by atoms with van der Waals surface area (Å²) in [7, 11) is 0. The van der Waals surface area contributed by atoms with Crippen molar-refractivity contribution in [3.63, 3.8) is 0 Å². The lowest BCUT2D eigenvalue weighted by molar-refractivity contribution is 0.0761. The molecule has 0 saturated carbocycles. The standard InChI is InChI=1S/C26H27FN2O2/c27-24-13-9-21(10-14-24)19-28-15-4-16-29(18-17-28)26(30)23-11-7-22(8-12-23)20-31-25-5-2-1-3-6-25/h1-3,5-14H,4,15-20H2. The van der Waals surface area contributed by atoms with Crippen LogP contribution in [0.1, 0.15) is 27.9 Å². The Bertz CT molecular complexity index is 975. The van der Waals surface area contributed by atoms with E-state index in [4.69, 9.17) is 4.74 Å². The normalized spacial score (nSPS) is 14.8. The molecule has 31 heavy (non-hydrogen) atoms. The first kappa shape index (κ1) is 21.1. The molecular weight excluding hydrogens is 391 g/mol. The van der Waals surface area contributed by atoms with Crippen molar-refractivity contribution in [3.05, 3.63) is 101 Å². The monoisotopic (exact) mass is 418 g/mol. The highest BCUT2D eigenvalue weighted by Gasteiger charge is 2.20. The molecule has 1 saturated heterocycles. The Labute approximate surface area is 182 Å². The number of carbonyl (C=O) groups is 1. The van der Waals surface area contributed by atoms with Gasteiger partial charge in [0.1, 0.15) is 18.2 Å². The Morgan fingerprint density at radius 2 is 1.52 bits per heavy atom. The Kier molecular flexibility index (Phi) is 6.95. The first-order valence-corrected chi connectivity index (χ1v) is 10.7. The van der Waals surface area contributed by atoms with Gasteiger partial charge in [0.2, 0.25) is 0 Å². The predicted molar refractivity (Wildman–Crippen MR) is 119 cm³/mol. The minimum Gasteiger partial charge on any atom is -0.489 e. The molecule has 3 aromatic rings. The van der Waals surface area contributed by atoms with Crippen LogP contribution in [0.2, 0.25) is 0 Å². The predicted octanol–water partition coefficient (Wildman–Crippen LogP) is 4.75. The van der Waals surface area contributed by atoms with Gasteiger partial charge in [0.15, 0.2) is 0 Å². The largest absolute Gasteiger partial charge is 0.489 e. The Morgan fingerprint density at radius 1 is 0.806 bits per heavy atom. The molecule has 0 atom stereocenters. The highest BCUT2D eigenvalue weighted by molar-refractivity contribution is 5.94. The van der Waals surface area contributed by atoms with Crippen LogP contribution >= 0.6 is 0 Å². The number of hydrogen-bond acceptors (Lipinski definition) is 3. The van der Waals surface area contributed by atoms with Gasteiger partial charge in [-0.15, -0.1) is 0 Å². The number of hydrogen-bond donors (Lipinski definition) is 0. The summed E-state index contributed by atoms with van der Waals surface area (Å²) in [5.41, 5.74) is 2.83. The summed E-state index contributed by atoms with van der Waals surface area (Å²) in [6.45, 7) is 4.43. The molecule has 0 unspecified atom stereocenters. The van der Waals surface area contributed by atoms with Crippen molar-refractivity contribution in [2.24, 2.45) is 0 Å². The van der Waals surface area contributed by atoms with Crippen molar-refractivity contribution in [2.75, 3.05) is 26.2 Å². The van der Waals surface area contributed by atoms with Gasteiger partial charge in [-0.05, 0) is 53.9 Å². The third-order valence-corrected chi connectivity index (χ3v) is 5.54.